The second-order valence-electron chi connectivity index (χ2n) is 7.43. The van der Waals surface area contributed by atoms with Crippen LogP contribution in [0.25, 0.3) is 0 Å². The average Bonchev–Trinajstić information content (AvgIpc) is 2.71. The Morgan fingerprint density at radius 3 is 2.43 bits per heavy atom. The summed E-state index contributed by atoms with van der Waals surface area (Å²) in [6.07, 6.45) is 3.35. The van der Waals surface area contributed by atoms with Gasteiger partial charge in [-0.1, -0.05) is 20.8 Å². The number of rotatable bonds is 7. The van der Waals surface area contributed by atoms with Crippen LogP contribution in [0.1, 0.15) is 33.6 Å². The molecule has 1 atom stereocenters. The van der Waals surface area contributed by atoms with E-state index in [0.29, 0.717) is 12.6 Å². The molecular weight excluding hydrogens is 306 g/mol. The quantitative estimate of drug-likeness (QED) is 0.527. The third kappa shape index (κ3) is 6.36. The highest BCUT2D eigenvalue weighted by Crippen LogP contribution is 2.37. The van der Waals surface area contributed by atoms with Crippen LogP contribution in [0.5, 0.6) is 0 Å². The third-order valence-electron chi connectivity index (χ3n) is 4.62. The zero-order valence-electron chi connectivity index (χ0n) is 14.3. The van der Waals surface area contributed by atoms with Crippen LogP contribution in [0.4, 0.5) is 0 Å². The van der Waals surface area contributed by atoms with Crippen LogP contribution in [0, 0.1) is 0 Å². The number of nitrogens with zero attached hydrogens (tertiary/aromatic N) is 1. The van der Waals surface area contributed by atoms with Crippen LogP contribution < -0.4 is 0 Å². The lowest BCUT2D eigenvalue weighted by Crippen LogP contribution is -2.45. The van der Waals surface area contributed by atoms with Gasteiger partial charge >= 0.3 is 0 Å². The fourth-order valence-electron chi connectivity index (χ4n) is 2.21. The van der Waals surface area contributed by atoms with Crippen molar-refractivity contribution in [2.24, 2.45) is 0 Å². The Balaban J connectivity index is 2.44. The smallest absolute Gasteiger partial charge is 0.264 e. The molecule has 0 aromatic rings. The molecule has 7 heteroatoms. The van der Waals surface area contributed by atoms with Gasteiger partial charge in [0.2, 0.25) is 0 Å². The van der Waals surface area contributed by atoms with Crippen LogP contribution in [-0.4, -0.2) is 60.2 Å². The maximum absolute atomic E-state index is 11.0. The van der Waals surface area contributed by atoms with E-state index in [9.17, 15) is 8.42 Å². The summed E-state index contributed by atoms with van der Waals surface area (Å²) in [5.74, 6) is 0. The molecule has 0 aromatic carbocycles. The SMILES string of the molecule is CC(C)(C)[Si](C)(C)OC[C@H]1CCCN1CCOS(C)(=O)=O. The van der Waals surface area contributed by atoms with Gasteiger partial charge in [-0.3, -0.25) is 9.08 Å². The number of hydrogen-bond acceptors (Lipinski definition) is 5. The zero-order valence-corrected chi connectivity index (χ0v) is 16.1. The predicted molar refractivity (Wildman–Crippen MR) is 88.5 cm³/mol. The standard InChI is InChI=1S/C14H31NO4SSi/c1-14(2,3)21(5,6)19-12-13-8-7-9-15(13)10-11-18-20(4,16)17/h13H,7-12H2,1-6H3/t13-/m1/s1. The first-order chi connectivity index (χ1) is 9.42. The van der Waals surface area contributed by atoms with E-state index in [-0.39, 0.29) is 11.6 Å². The molecule has 1 aliphatic heterocycles. The molecule has 0 aromatic heterocycles. The summed E-state index contributed by atoms with van der Waals surface area (Å²) >= 11 is 0. The maximum Gasteiger partial charge on any atom is 0.264 e. The van der Waals surface area contributed by atoms with E-state index in [0.717, 1.165) is 32.2 Å². The second-order valence-corrected chi connectivity index (χ2v) is 13.9. The van der Waals surface area contributed by atoms with Crippen LogP contribution in [0.15, 0.2) is 0 Å². The van der Waals surface area contributed by atoms with Crippen molar-refractivity contribution in [3.8, 4) is 0 Å². The number of likely N-dealkylation sites (tertiary alicyclic amines) is 1. The van der Waals surface area contributed by atoms with E-state index in [1.54, 1.807) is 0 Å². The molecule has 0 bridgehead atoms. The van der Waals surface area contributed by atoms with E-state index >= 15 is 0 Å². The zero-order chi connectivity index (χ0) is 16.3. The number of hydrogen-bond donors (Lipinski definition) is 0. The highest BCUT2D eigenvalue weighted by atomic mass is 32.2. The molecule has 0 aliphatic carbocycles. The fourth-order valence-corrected chi connectivity index (χ4v) is 3.62. The summed E-state index contributed by atoms with van der Waals surface area (Å²) in [5, 5.41) is 0.218. The molecular formula is C14H31NO4SSi. The molecule has 0 saturated carbocycles. The van der Waals surface area contributed by atoms with Gasteiger partial charge in [0.25, 0.3) is 10.1 Å². The van der Waals surface area contributed by atoms with Gasteiger partial charge in [0.1, 0.15) is 0 Å². The molecule has 1 saturated heterocycles. The Morgan fingerprint density at radius 1 is 1.29 bits per heavy atom. The first kappa shape index (κ1) is 19.1. The maximum atomic E-state index is 11.0. The first-order valence-electron chi connectivity index (χ1n) is 7.65. The molecule has 0 radical (unpaired) electrons. The van der Waals surface area contributed by atoms with Crippen LogP contribution in [-0.2, 0) is 18.7 Å². The highest BCUT2D eigenvalue weighted by molar-refractivity contribution is 7.85. The van der Waals surface area contributed by atoms with Crippen molar-refractivity contribution in [2.45, 2.75) is 57.8 Å². The van der Waals surface area contributed by atoms with Gasteiger partial charge in [-0.25, -0.2) is 0 Å². The topological polar surface area (TPSA) is 55.8 Å². The van der Waals surface area contributed by atoms with Crippen molar-refractivity contribution in [1.82, 2.24) is 4.90 Å². The van der Waals surface area contributed by atoms with Gasteiger partial charge < -0.3 is 4.43 Å². The Kier molecular flexibility index (Phi) is 6.44. The van der Waals surface area contributed by atoms with E-state index in [1.807, 2.05) is 0 Å². The molecule has 5 nitrogen and oxygen atoms in total. The Bertz CT molecular complexity index is 431. The van der Waals surface area contributed by atoms with E-state index in [2.05, 4.69) is 38.8 Å². The second kappa shape index (κ2) is 7.08. The van der Waals surface area contributed by atoms with E-state index in [1.165, 1.54) is 0 Å². The van der Waals surface area contributed by atoms with Crippen molar-refractivity contribution >= 4 is 18.4 Å². The van der Waals surface area contributed by atoms with E-state index in [4.69, 9.17) is 8.61 Å². The molecule has 1 aliphatic rings. The summed E-state index contributed by atoms with van der Waals surface area (Å²) in [6.45, 7) is 13.9. The van der Waals surface area contributed by atoms with Gasteiger partial charge in [0, 0.05) is 19.2 Å². The fraction of sp³-hybridized carbons (Fsp3) is 1.00. The van der Waals surface area contributed by atoms with Crippen LogP contribution in [0.3, 0.4) is 0 Å². The van der Waals surface area contributed by atoms with Gasteiger partial charge in [-0.05, 0) is 37.5 Å². The molecule has 126 valence electrons. The van der Waals surface area contributed by atoms with Crippen LogP contribution in [0.2, 0.25) is 18.1 Å². The Morgan fingerprint density at radius 2 is 1.90 bits per heavy atom. The van der Waals surface area contributed by atoms with Crippen LogP contribution >= 0.6 is 0 Å². The normalized spacial score (nSPS) is 21.9. The summed E-state index contributed by atoms with van der Waals surface area (Å²) in [5.41, 5.74) is 0. The summed E-state index contributed by atoms with van der Waals surface area (Å²) < 4.78 is 33.1. The molecule has 1 fully saturated rings. The third-order valence-corrected chi connectivity index (χ3v) is 9.71. The van der Waals surface area contributed by atoms with Crippen molar-refractivity contribution in [1.29, 1.82) is 0 Å². The molecule has 0 amide bonds. The highest BCUT2D eigenvalue weighted by Gasteiger charge is 2.38. The van der Waals surface area contributed by atoms with Crippen molar-refractivity contribution < 1.29 is 17.0 Å². The van der Waals surface area contributed by atoms with E-state index < -0.39 is 18.4 Å². The molecule has 21 heavy (non-hydrogen) atoms. The minimum Gasteiger partial charge on any atom is -0.415 e. The first-order valence-corrected chi connectivity index (χ1v) is 12.4. The minimum absolute atomic E-state index is 0.218. The molecule has 1 rings (SSSR count). The lowest BCUT2D eigenvalue weighted by Gasteiger charge is -2.38. The van der Waals surface area contributed by atoms with Gasteiger partial charge in [-0.2, -0.15) is 8.42 Å². The molecule has 1 heterocycles. The van der Waals surface area contributed by atoms with Crippen molar-refractivity contribution in [3.05, 3.63) is 0 Å². The van der Waals surface area contributed by atoms with Gasteiger partial charge in [-0.15, -0.1) is 0 Å². The molecule has 0 spiro atoms. The summed E-state index contributed by atoms with van der Waals surface area (Å²) in [6, 6.07) is 0.391. The van der Waals surface area contributed by atoms with Crippen molar-refractivity contribution in [3.63, 3.8) is 0 Å². The van der Waals surface area contributed by atoms with Gasteiger partial charge in [0.15, 0.2) is 8.32 Å². The lowest BCUT2D eigenvalue weighted by atomic mass is 10.2. The lowest BCUT2D eigenvalue weighted by molar-refractivity contribution is 0.144. The monoisotopic (exact) mass is 337 g/mol. The Hall–Kier alpha value is 0.0469. The molecule has 0 unspecified atom stereocenters. The molecule has 0 N–H and O–H groups in total. The van der Waals surface area contributed by atoms with Crippen molar-refractivity contribution in [2.75, 3.05) is 32.6 Å². The summed E-state index contributed by atoms with van der Waals surface area (Å²) in [7, 11) is -5.06. The Labute approximate surface area is 131 Å². The van der Waals surface area contributed by atoms with Gasteiger partial charge in [0.05, 0.1) is 12.9 Å². The average molecular weight is 338 g/mol. The predicted octanol–water partition coefficient (Wildman–Crippen LogP) is 2.45. The summed E-state index contributed by atoms with van der Waals surface area (Å²) in [4.78, 5) is 2.29. The minimum atomic E-state index is -3.34. The largest absolute Gasteiger partial charge is 0.415 e.